The molecular weight excluding hydrogens is 664 g/mol. The van der Waals surface area contributed by atoms with Crippen molar-refractivity contribution in [1.82, 2.24) is 16.0 Å². The van der Waals surface area contributed by atoms with Gasteiger partial charge in [0.05, 0.1) is 5.30 Å². The molecule has 1 aromatic rings. The molecule has 0 spiro atoms. The summed E-state index contributed by atoms with van der Waals surface area (Å²) in [7, 11) is -9.38. The van der Waals surface area contributed by atoms with Gasteiger partial charge in [-0.3, -0.25) is 14.2 Å². The van der Waals surface area contributed by atoms with Crippen LogP contribution in [0.4, 0.5) is 0 Å². The van der Waals surface area contributed by atoms with E-state index in [9.17, 15) is 38.6 Å². The molecule has 11 nitrogen and oxygen atoms in total. The normalized spacial score (nSPS) is 15.0. The fourth-order valence-corrected chi connectivity index (χ4v) is 7.64. The van der Waals surface area contributed by atoms with E-state index in [-0.39, 0.29) is 18.0 Å². The fraction of sp³-hybridized carbons (Fsp3) is 0.722. The Morgan fingerprint density at radius 1 is 0.918 bits per heavy atom. The number of hydrogen-bond donors (Lipinski definition) is 8. The molecule has 1 aromatic carbocycles. The number of carbonyl (C=O) groups is 2. The minimum atomic E-state index is -4.72. The van der Waals surface area contributed by atoms with Gasteiger partial charge in [0.1, 0.15) is 6.04 Å². The average molecular weight is 729 g/mol. The van der Waals surface area contributed by atoms with Crippen molar-refractivity contribution in [1.29, 1.82) is 0 Å². The molecule has 1 aliphatic rings. The van der Waals surface area contributed by atoms with Gasteiger partial charge in [-0.05, 0) is 69.5 Å². The predicted molar refractivity (Wildman–Crippen MR) is 199 cm³/mol. The molecule has 49 heavy (non-hydrogen) atoms. The third kappa shape index (κ3) is 18.9. The summed E-state index contributed by atoms with van der Waals surface area (Å²) >= 11 is 0. The molecule has 2 unspecified atom stereocenters. The van der Waals surface area contributed by atoms with Gasteiger partial charge in [0.15, 0.2) is 5.30 Å². The van der Waals surface area contributed by atoms with Gasteiger partial charge in [0, 0.05) is 24.6 Å². The van der Waals surface area contributed by atoms with Gasteiger partial charge in [-0.1, -0.05) is 96.1 Å². The molecule has 2 atom stereocenters. The highest BCUT2D eigenvalue weighted by Crippen LogP contribution is 2.45. The SMILES string of the molecule is C=CC(C)CCCCCNCCCCC(NC(=O)CCCCCCCCCC1CCC1)C(=O)NCc1ccc(P(=O)(O)O)cc1[P+](O)(O)O. The van der Waals surface area contributed by atoms with Crippen molar-refractivity contribution in [2.75, 3.05) is 13.1 Å². The third-order valence-electron chi connectivity index (χ3n) is 9.59. The minimum absolute atomic E-state index is 0.0997. The number of rotatable bonds is 28. The van der Waals surface area contributed by atoms with E-state index in [1.807, 2.05) is 6.08 Å². The van der Waals surface area contributed by atoms with Crippen LogP contribution in [0.1, 0.15) is 134 Å². The van der Waals surface area contributed by atoms with Gasteiger partial charge in [-0.2, -0.15) is 14.7 Å². The summed E-state index contributed by atoms with van der Waals surface area (Å²) in [6, 6.07) is 2.39. The highest BCUT2D eigenvalue weighted by Gasteiger charge is 2.39. The molecule has 2 rings (SSSR count). The first-order chi connectivity index (χ1) is 23.3. The van der Waals surface area contributed by atoms with E-state index in [1.54, 1.807) is 0 Å². The maximum Gasteiger partial charge on any atom is 0.441 e. The lowest BCUT2D eigenvalue weighted by Gasteiger charge is -2.24. The zero-order valence-electron chi connectivity index (χ0n) is 29.7. The maximum absolute atomic E-state index is 13.3. The van der Waals surface area contributed by atoms with Crippen molar-refractivity contribution < 1.29 is 38.6 Å². The maximum atomic E-state index is 13.3. The molecule has 8 N–H and O–H groups in total. The van der Waals surface area contributed by atoms with E-state index < -0.39 is 38.1 Å². The lowest BCUT2D eigenvalue weighted by Crippen LogP contribution is -2.46. The number of hydrogen-bond acceptors (Lipinski definition) is 7. The second-order valence-corrected chi connectivity index (χ2v) is 17.1. The second kappa shape index (κ2) is 23.7. The van der Waals surface area contributed by atoms with Crippen molar-refractivity contribution in [3.8, 4) is 0 Å². The van der Waals surface area contributed by atoms with E-state index in [4.69, 9.17) is 0 Å². The lowest BCUT2D eigenvalue weighted by atomic mass is 9.81. The molecule has 0 aromatic heterocycles. The molecular formula is C36H64N3O8P2+. The molecule has 2 amide bonds. The van der Waals surface area contributed by atoms with Crippen LogP contribution in [0.2, 0.25) is 0 Å². The van der Waals surface area contributed by atoms with Crippen molar-refractivity contribution in [3.63, 3.8) is 0 Å². The number of nitrogens with one attached hydrogen (secondary N) is 3. The minimum Gasteiger partial charge on any atom is -0.350 e. The largest absolute Gasteiger partial charge is 0.441 e. The zero-order valence-corrected chi connectivity index (χ0v) is 31.4. The van der Waals surface area contributed by atoms with Crippen LogP contribution >= 0.6 is 15.5 Å². The van der Waals surface area contributed by atoms with E-state index >= 15 is 0 Å². The van der Waals surface area contributed by atoms with Crippen LogP contribution in [-0.4, -0.2) is 55.4 Å². The quantitative estimate of drug-likeness (QED) is 0.0317. The summed E-state index contributed by atoms with van der Waals surface area (Å²) in [4.78, 5) is 74.9. The number of allylic oxidation sites excluding steroid dienone is 1. The smallest absolute Gasteiger partial charge is 0.350 e. The molecule has 0 aliphatic heterocycles. The Kier molecular flexibility index (Phi) is 21.1. The number of carbonyl (C=O) groups excluding carboxylic acids is 2. The predicted octanol–water partition coefficient (Wildman–Crippen LogP) is 5.41. The van der Waals surface area contributed by atoms with Gasteiger partial charge in [0.25, 0.3) is 0 Å². The van der Waals surface area contributed by atoms with E-state index in [0.717, 1.165) is 76.1 Å². The van der Waals surface area contributed by atoms with Gasteiger partial charge in [0.2, 0.25) is 11.8 Å². The molecule has 13 heteroatoms. The van der Waals surface area contributed by atoms with Crippen molar-refractivity contribution in [2.24, 2.45) is 11.8 Å². The molecule has 0 heterocycles. The van der Waals surface area contributed by atoms with Gasteiger partial charge < -0.3 is 25.7 Å². The van der Waals surface area contributed by atoms with Crippen LogP contribution < -0.4 is 26.6 Å². The Bertz CT molecular complexity index is 1170. The van der Waals surface area contributed by atoms with Gasteiger partial charge in [-0.15, -0.1) is 6.58 Å². The summed E-state index contributed by atoms with van der Waals surface area (Å²) < 4.78 is 11.7. The van der Waals surface area contributed by atoms with Crippen LogP contribution in [0.5, 0.6) is 0 Å². The Labute approximate surface area is 294 Å². The van der Waals surface area contributed by atoms with Gasteiger partial charge >= 0.3 is 15.5 Å². The van der Waals surface area contributed by atoms with Crippen LogP contribution in [0.3, 0.4) is 0 Å². The molecule has 1 aliphatic carbocycles. The first kappa shape index (κ1) is 43.5. The van der Waals surface area contributed by atoms with E-state index in [2.05, 4.69) is 29.5 Å². The Hall–Kier alpha value is -1.68. The third-order valence-corrected chi connectivity index (χ3v) is 11.6. The van der Waals surface area contributed by atoms with Gasteiger partial charge in [-0.25, -0.2) is 0 Å². The Balaban J connectivity index is 1.83. The lowest BCUT2D eigenvalue weighted by molar-refractivity contribution is -0.129. The molecule has 0 bridgehead atoms. The summed E-state index contributed by atoms with van der Waals surface area (Å²) in [5.74, 6) is 0.866. The second-order valence-electron chi connectivity index (χ2n) is 13.9. The first-order valence-corrected chi connectivity index (χ1v) is 21.7. The highest BCUT2D eigenvalue weighted by atomic mass is 31.2. The molecule has 0 saturated heterocycles. The van der Waals surface area contributed by atoms with Crippen LogP contribution in [0.25, 0.3) is 0 Å². The molecule has 280 valence electrons. The Morgan fingerprint density at radius 3 is 2.14 bits per heavy atom. The van der Waals surface area contributed by atoms with Crippen molar-refractivity contribution in [3.05, 3.63) is 36.4 Å². The van der Waals surface area contributed by atoms with Crippen LogP contribution in [0.15, 0.2) is 30.9 Å². The van der Waals surface area contributed by atoms with Crippen LogP contribution in [-0.2, 0) is 20.7 Å². The number of unbranched alkanes of at least 4 members (excludes halogenated alkanes) is 9. The standard InChI is InChI=1S/C36H63N3O8P2/c1-3-29(2)17-10-9-14-25-37-26-15-13-21-33(39-35(40)22-12-8-6-4-5-7-11-18-30-19-16-20-30)36(41)38-28-31-23-24-32(48(42,43)44)27-34(31)49(45,46)47/h3,23-24,27,29-30,33,37,45-47H,1,4-22,25-26,28H2,2H3,(H3-,38,39,40,41,42,43,44)/p+1. The average Bonchev–Trinajstić information content (AvgIpc) is 3.02. The van der Waals surface area contributed by atoms with Crippen molar-refractivity contribution >= 4 is 38.0 Å². The van der Waals surface area contributed by atoms with E-state index in [1.165, 1.54) is 63.9 Å². The zero-order chi connectivity index (χ0) is 36.1. The first-order valence-electron chi connectivity index (χ1n) is 18.5. The highest BCUT2D eigenvalue weighted by molar-refractivity contribution is 7.67. The molecule has 1 fully saturated rings. The summed E-state index contributed by atoms with van der Waals surface area (Å²) in [5.41, 5.74) is 0.0997. The molecule has 1 saturated carbocycles. The number of amides is 2. The topological polar surface area (TPSA) is 188 Å². The van der Waals surface area contributed by atoms with E-state index in [0.29, 0.717) is 25.2 Å². The van der Waals surface area contributed by atoms with Crippen molar-refractivity contribution in [2.45, 2.75) is 142 Å². The summed E-state index contributed by atoms with van der Waals surface area (Å²) in [5, 5.41) is 8.10. The number of benzene rings is 1. The summed E-state index contributed by atoms with van der Waals surface area (Å²) in [6.45, 7) is 7.50. The monoisotopic (exact) mass is 728 g/mol. The Morgan fingerprint density at radius 2 is 1.53 bits per heavy atom. The fourth-order valence-electron chi connectivity index (χ4n) is 6.12. The summed E-state index contributed by atoms with van der Waals surface area (Å²) in [6.07, 6.45) is 22.3. The molecule has 0 radical (unpaired) electrons. The van der Waals surface area contributed by atoms with Crippen LogP contribution in [0, 0.1) is 11.8 Å².